The van der Waals surface area contributed by atoms with Gasteiger partial charge in [0.15, 0.2) is 0 Å². The van der Waals surface area contributed by atoms with Crippen LogP contribution >= 0.6 is 11.3 Å². The molecule has 2 heterocycles. The maximum absolute atomic E-state index is 8.88. The number of rotatable bonds is 5. The number of benzene rings is 1. The molecule has 0 amide bonds. The van der Waals surface area contributed by atoms with E-state index in [1.54, 1.807) is 23.5 Å². The minimum absolute atomic E-state index is 0.0654. The molecule has 1 aliphatic rings. The molecule has 5 nitrogen and oxygen atoms in total. The molecular formula is C16H17N3O2S. The number of nitriles is 1. The van der Waals surface area contributed by atoms with E-state index in [0.29, 0.717) is 18.8 Å². The first kappa shape index (κ1) is 15.0. The highest BCUT2D eigenvalue weighted by molar-refractivity contribution is 7.09. The van der Waals surface area contributed by atoms with Crippen LogP contribution in [0.2, 0.25) is 0 Å². The molecule has 114 valence electrons. The van der Waals surface area contributed by atoms with Crippen LogP contribution in [-0.2, 0) is 4.74 Å². The van der Waals surface area contributed by atoms with Gasteiger partial charge in [-0.3, -0.25) is 4.90 Å². The zero-order valence-electron chi connectivity index (χ0n) is 12.1. The van der Waals surface area contributed by atoms with E-state index >= 15 is 0 Å². The van der Waals surface area contributed by atoms with Gasteiger partial charge in [-0.1, -0.05) is 6.07 Å². The molecular weight excluding hydrogens is 298 g/mol. The van der Waals surface area contributed by atoms with Crippen molar-refractivity contribution in [1.82, 2.24) is 9.88 Å². The van der Waals surface area contributed by atoms with Gasteiger partial charge in [0.25, 0.3) is 0 Å². The first-order valence-electron chi connectivity index (χ1n) is 7.21. The maximum atomic E-state index is 8.88. The third-order valence-electron chi connectivity index (χ3n) is 3.52. The Bertz CT molecular complexity index is 639. The minimum Gasteiger partial charge on any atom is -0.492 e. The molecule has 1 aliphatic heterocycles. The summed E-state index contributed by atoms with van der Waals surface area (Å²) in [4.78, 5) is 6.65. The first-order chi connectivity index (χ1) is 10.8. The highest BCUT2D eigenvalue weighted by Crippen LogP contribution is 2.23. The summed E-state index contributed by atoms with van der Waals surface area (Å²) in [5, 5.41) is 11.9. The topological polar surface area (TPSA) is 58.4 Å². The number of ether oxygens (including phenoxy) is 2. The number of hydrogen-bond donors (Lipinski definition) is 0. The first-order valence-corrected chi connectivity index (χ1v) is 8.09. The fraction of sp³-hybridized carbons (Fsp3) is 0.375. The molecule has 0 saturated carbocycles. The Balaban J connectivity index is 1.48. The monoisotopic (exact) mass is 315 g/mol. The summed E-state index contributed by atoms with van der Waals surface area (Å²) in [7, 11) is 0. The summed E-state index contributed by atoms with van der Waals surface area (Å²) in [6, 6.07) is 9.36. The van der Waals surface area contributed by atoms with Gasteiger partial charge in [-0.15, -0.1) is 11.3 Å². The Morgan fingerprint density at radius 1 is 1.50 bits per heavy atom. The Morgan fingerprint density at radius 2 is 2.45 bits per heavy atom. The summed E-state index contributed by atoms with van der Waals surface area (Å²) in [5.41, 5.74) is 0.618. The highest BCUT2D eigenvalue weighted by Gasteiger charge is 2.23. The third-order valence-corrected chi connectivity index (χ3v) is 4.38. The SMILES string of the molecule is N#Cc1cccc(OCCN2CCO[C@@H](c3nccs3)C2)c1. The highest BCUT2D eigenvalue weighted by atomic mass is 32.1. The lowest BCUT2D eigenvalue weighted by atomic mass is 10.2. The number of nitrogens with zero attached hydrogens (tertiary/aromatic N) is 3. The summed E-state index contributed by atoms with van der Waals surface area (Å²) in [6.07, 6.45) is 1.88. The van der Waals surface area contributed by atoms with E-state index in [9.17, 15) is 0 Å². The number of thiazole rings is 1. The minimum atomic E-state index is 0.0654. The Morgan fingerprint density at radius 3 is 3.27 bits per heavy atom. The molecule has 1 saturated heterocycles. The van der Waals surface area contributed by atoms with Crippen molar-refractivity contribution in [1.29, 1.82) is 5.26 Å². The van der Waals surface area contributed by atoms with Crippen LogP contribution in [0.5, 0.6) is 5.75 Å². The van der Waals surface area contributed by atoms with E-state index in [0.717, 1.165) is 30.4 Å². The van der Waals surface area contributed by atoms with Gasteiger partial charge >= 0.3 is 0 Å². The Kier molecular flexibility index (Phi) is 5.01. The molecule has 0 N–H and O–H groups in total. The zero-order valence-corrected chi connectivity index (χ0v) is 13.0. The van der Waals surface area contributed by atoms with Crippen molar-refractivity contribution in [2.75, 3.05) is 32.8 Å². The number of hydrogen-bond acceptors (Lipinski definition) is 6. The molecule has 1 fully saturated rings. The molecule has 0 spiro atoms. The van der Waals surface area contributed by atoms with Crippen LogP contribution in [0.4, 0.5) is 0 Å². The van der Waals surface area contributed by atoms with Crippen LogP contribution in [0.15, 0.2) is 35.8 Å². The molecule has 22 heavy (non-hydrogen) atoms. The van der Waals surface area contributed by atoms with E-state index in [-0.39, 0.29) is 6.10 Å². The van der Waals surface area contributed by atoms with Gasteiger partial charge in [0.2, 0.25) is 0 Å². The van der Waals surface area contributed by atoms with Gasteiger partial charge in [0, 0.05) is 31.2 Å². The summed E-state index contributed by atoms with van der Waals surface area (Å²) < 4.78 is 11.5. The van der Waals surface area contributed by atoms with Gasteiger partial charge in [0.05, 0.1) is 18.2 Å². The fourth-order valence-electron chi connectivity index (χ4n) is 2.40. The molecule has 1 aromatic heterocycles. The molecule has 0 radical (unpaired) electrons. The molecule has 0 bridgehead atoms. The predicted octanol–water partition coefficient (Wildman–Crippen LogP) is 2.47. The lowest BCUT2D eigenvalue weighted by Gasteiger charge is -2.31. The average Bonchev–Trinajstić information content (AvgIpc) is 3.10. The third kappa shape index (κ3) is 3.83. The van der Waals surface area contributed by atoms with Gasteiger partial charge in [0.1, 0.15) is 23.5 Å². The second-order valence-corrected chi connectivity index (χ2v) is 5.94. The fourth-order valence-corrected chi connectivity index (χ4v) is 3.07. The smallest absolute Gasteiger partial charge is 0.123 e. The summed E-state index contributed by atoms with van der Waals surface area (Å²) in [5.74, 6) is 0.740. The second kappa shape index (κ2) is 7.36. The van der Waals surface area contributed by atoms with Crippen molar-refractivity contribution in [3.8, 4) is 11.8 Å². The van der Waals surface area contributed by atoms with Crippen molar-refractivity contribution in [3.05, 3.63) is 46.4 Å². The van der Waals surface area contributed by atoms with Crippen molar-refractivity contribution in [2.24, 2.45) is 0 Å². The molecule has 0 aliphatic carbocycles. The van der Waals surface area contributed by atoms with Crippen LogP contribution in [-0.4, -0.2) is 42.7 Å². The Labute approximate surface area is 133 Å². The van der Waals surface area contributed by atoms with E-state index < -0.39 is 0 Å². The van der Waals surface area contributed by atoms with Gasteiger partial charge in [-0.05, 0) is 18.2 Å². The van der Waals surface area contributed by atoms with Crippen molar-refractivity contribution in [2.45, 2.75) is 6.10 Å². The van der Waals surface area contributed by atoms with Crippen molar-refractivity contribution >= 4 is 11.3 Å². The summed E-state index contributed by atoms with van der Waals surface area (Å²) in [6.45, 7) is 3.90. The van der Waals surface area contributed by atoms with Crippen molar-refractivity contribution in [3.63, 3.8) is 0 Å². The van der Waals surface area contributed by atoms with Crippen molar-refractivity contribution < 1.29 is 9.47 Å². The molecule has 6 heteroatoms. The summed E-state index contributed by atoms with van der Waals surface area (Å²) >= 11 is 1.63. The molecule has 1 atom stereocenters. The normalized spacial score (nSPS) is 18.8. The lowest BCUT2D eigenvalue weighted by Crippen LogP contribution is -2.40. The number of morpholine rings is 1. The quantitative estimate of drug-likeness (QED) is 0.848. The molecule has 0 unspecified atom stereocenters. The predicted molar refractivity (Wildman–Crippen MR) is 83.9 cm³/mol. The standard InChI is InChI=1S/C16H17N3O2S/c17-11-13-2-1-3-14(10-13)20-7-5-19-6-8-21-15(12-19)16-18-4-9-22-16/h1-4,9-10,15H,5-8,12H2/t15-/m1/s1. The van der Waals surface area contributed by atoms with E-state index in [1.807, 2.05) is 23.7 Å². The van der Waals surface area contributed by atoms with Gasteiger partial charge < -0.3 is 9.47 Å². The molecule has 2 aromatic rings. The van der Waals surface area contributed by atoms with Crippen LogP contribution in [0.1, 0.15) is 16.7 Å². The van der Waals surface area contributed by atoms with Crippen LogP contribution in [0, 0.1) is 11.3 Å². The van der Waals surface area contributed by atoms with Crippen LogP contribution < -0.4 is 4.74 Å². The average molecular weight is 315 g/mol. The maximum Gasteiger partial charge on any atom is 0.123 e. The lowest BCUT2D eigenvalue weighted by molar-refractivity contribution is -0.0329. The molecule has 1 aromatic carbocycles. The van der Waals surface area contributed by atoms with Crippen LogP contribution in [0.3, 0.4) is 0 Å². The van der Waals surface area contributed by atoms with E-state index in [4.69, 9.17) is 14.7 Å². The zero-order chi connectivity index (χ0) is 15.2. The van der Waals surface area contributed by atoms with Gasteiger partial charge in [-0.25, -0.2) is 4.98 Å². The van der Waals surface area contributed by atoms with Gasteiger partial charge in [-0.2, -0.15) is 5.26 Å². The second-order valence-electron chi connectivity index (χ2n) is 5.02. The van der Waals surface area contributed by atoms with E-state index in [1.165, 1.54) is 0 Å². The van der Waals surface area contributed by atoms with E-state index in [2.05, 4.69) is 16.0 Å². The number of aromatic nitrogens is 1. The van der Waals surface area contributed by atoms with Crippen LogP contribution in [0.25, 0.3) is 0 Å². The molecule has 3 rings (SSSR count). The largest absolute Gasteiger partial charge is 0.492 e. The Hall–Kier alpha value is -1.94.